The second-order valence-corrected chi connectivity index (χ2v) is 4.62. The number of nitrogens with one attached hydrogen (secondary N) is 1. The van der Waals surface area contributed by atoms with E-state index in [2.05, 4.69) is 10.3 Å². The Hall–Kier alpha value is -3.16. The van der Waals surface area contributed by atoms with Crippen LogP contribution in [0.1, 0.15) is 15.9 Å². The highest BCUT2D eigenvalue weighted by molar-refractivity contribution is 6.05. The number of hydrogen-bond acceptors (Lipinski definition) is 6. The largest absolute Gasteiger partial charge is 0.490 e. The van der Waals surface area contributed by atoms with Crippen molar-refractivity contribution < 1.29 is 19.2 Å². The molecule has 1 aromatic heterocycles. The molecule has 0 radical (unpaired) electrons. The standard InChI is InChI=1S/C15H15N3O5/c1-9-8-16-15(23-3)13(22-2)12(9)17-14(19)10-4-6-11(7-5-10)18(20)21/h4-8H,1-3H3,(H,16,17,19). The van der Waals surface area contributed by atoms with Gasteiger partial charge in [-0.3, -0.25) is 14.9 Å². The summed E-state index contributed by atoms with van der Waals surface area (Å²) in [4.78, 5) is 26.5. The summed E-state index contributed by atoms with van der Waals surface area (Å²) in [6.07, 6.45) is 1.55. The van der Waals surface area contributed by atoms with E-state index in [0.29, 0.717) is 17.0 Å². The first kappa shape index (κ1) is 16.2. The van der Waals surface area contributed by atoms with E-state index in [1.165, 1.54) is 38.5 Å². The van der Waals surface area contributed by atoms with Crippen LogP contribution < -0.4 is 14.8 Å². The summed E-state index contributed by atoms with van der Waals surface area (Å²) in [7, 11) is 2.89. The predicted octanol–water partition coefficient (Wildman–Crippen LogP) is 2.57. The van der Waals surface area contributed by atoms with Crippen LogP contribution in [0, 0.1) is 17.0 Å². The van der Waals surface area contributed by atoms with Crippen LogP contribution in [-0.4, -0.2) is 30.0 Å². The zero-order chi connectivity index (χ0) is 17.0. The molecule has 0 aliphatic heterocycles. The summed E-state index contributed by atoms with van der Waals surface area (Å²) in [6.45, 7) is 1.76. The predicted molar refractivity (Wildman–Crippen MR) is 83.1 cm³/mol. The summed E-state index contributed by atoms with van der Waals surface area (Å²) >= 11 is 0. The number of nitro groups is 1. The highest BCUT2D eigenvalue weighted by Crippen LogP contribution is 2.35. The second kappa shape index (κ2) is 6.73. The maximum atomic E-state index is 12.3. The Balaban J connectivity index is 2.31. The van der Waals surface area contributed by atoms with Crippen LogP contribution in [0.15, 0.2) is 30.5 Å². The minimum absolute atomic E-state index is 0.0825. The van der Waals surface area contributed by atoms with Crippen LogP contribution in [0.25, 0.3) is 0 Å². The number of non-ortho nitro benzene ring substituents is 1. The number of anilines is 1. The first-order valence-electron chi connectivity index (χ1n) is 6.61. The van der Waals surface area contributed by atoms with E-state index in [4.69, 9.17) is 9.47 Å². The Morgan fingerprint density at radius 2 is 1.87 bits per heavy atom. The Morgan fingerprint density at radius 1 is 1.22 bits per heavy atom. The first-order chi connectivity index (χ1) is 11.0. The third-order valence-electron chi connectivity index (χ3n) is 3.17. The maximum absolute atomic E-state index is 12.3. The smallest absolute Gasteiger partial charge is 0.269 e. The highest BCUT2D eigenvalue weighted by Gasteiger charge is 2.18. The van der Waals surface area contributed by atoms with E-state index in [1.54, 1.807) is 13.1 Å². The zero-order valence-electron chi connectivity index (χ0n) is 12.8. The molecule has 0 spiro atoms. The van der Waals surface area contributed by atoms with E-state index in [0.717, 1.165) is 0 Å². The molecule has 0 saturated carbocycles. The van der Waals surface area contributed by atoms with Crippen LogP contribution in [0.2, 0.25) is 0 Å². The molecule has 120 valence electrons. The molecule has 0 unspecified atom stereocenters. The lowest BCUT2D eigenvalue weighted by atomic mass is 10.1. The number of pyridine rings is 1. The summed E-state index contributed by atoms with van der Waals surface area (Å²) in [6, 6.07) is 5.31. The van der Waals surface area contributed by atoms with Gasteiger partial charge in [-0.1, -0.05) is 0 Å². The lowest BCUT2D eigenvalue weighted by molar-refractivity contribution is -0.384. The molecular formula is C15H15N3O5. The average molecular weight is 317 g/mol. The van der Waals surface area contributed by atoms with E-state index in [1.807, 2.05) is 0 Å². The highest BCUT2D eigenvalue weighted by atomic mass is 16.6. The van der Waals surface area contributed by atoms with Crippen molar-refractivity contribution in [3.05, 3.63) is 51.7 Å². The molecular weight excluding hydrogens is 302 g/mol. The Kier molecular flexibility index (Phi) is 4.75. The van der Waals surface area contributed by atoms with E-state index in [-0.39, 0.29) is 17.1 Å². The van der Waals surface area contributed by atoms with Gasteiger partial charge in [0.05, 0.1) is 24.8 Å². The molecule has 0 atom stereocenters. The minimum Gasteiger partial charge on any atom is -0.490 e. The third-order valence-corrected chi connectivity index (χ3v) is 3.17. The van der Waals surface area contributed by atoms with Crippen molar-refractivity contribution in [2.24, 2.45) is 0 Å². The van der Waals surface area contributed by atoms with Crippen LogP contribution in [-0.2, 0) is 0 Å². The molecule has 1 amide bonds. The van der Waals surface area contributed by atoms with E-state index in [9.17, 15) is 14.9 Å². The fourth-order valence-electron chi connectivity index (χ4n) is 1.97. The summed E-state index contributed by atoms with van der Waals surface area (Å²) in [5.41, 5.74) is 1.33. The minimum atomic E-state index is -0.525. The van der Waals surface area contributed by atoms with Crippen LogP contribution in [0.5, 0.6) is 11.6 Å². The normalized spacial score (nSPS) is 10.0. The van der Waals surface area contributed by atoms with Gasteiger partial charge < -0.3 is 14.8 Å². The number of hydrogen-bond donors (Lipinski definition) is 1. The maximum Gasteiger partial charge on any atom is 0.269 e. The van der Waals surface area contributed by atoms with Crippen LogP contribution in [0.4, 0.5) is 11.4 Å². The molecule has 0 aliphatic carbocycles. The number of aryl methyl sites for hydroxylation is 1. The molecule has 0 bridgehead atoms. The second-order valence-electron chi connectivity index (χ2n) is 4.62. The molecule has 0 saturated heterocycles. The number of rotatable bonds is 5. The first-order valence-corrected chi connectivity index (χ1v) is 6.61. The number of benzene rings is 1. The monoisotopic (exact) mass is 317 g/mol. The van der Waals surface area contributed by atoms with E-state index < -0.39 is 10.8 Å². The Morgan fingerprint density at radius 3 is 2.39 bits per heavy atom. The molecule has 2 rings (SSSR count). The number of nitrogens with zero attached hydrogens (tertiary/aromatic N) is 2. The molecule has 8 nitrogen and oxygen atoms in total. The van der Waals surface area contributed by atoms with Crippen molar-refractivity contribution in [1.29, 1.82) is 0 Å². The van der Waals surface area contributed by atoms with Gasteiger partial charge in [-0.2, -0.15) is 0 Å². The van der Waals surface area contributed by atoms with Crippen molar-refractivity contribution in [1.82, 2.24) is 4.98 Å². The van der Waals surface area contributed by atoms with Gasteiger partial charge in [0.1, 0.15) is 0 Å². The Bertz CT molecular complexity index is 744. The lowest BCUT2D eigenvalue weighted by Gasteiger charge is -2.15. The van der Waals surface area contributed by atoms with Crippen molar-refractivity contribution in [2.75, 3.05) is 19.5 Å². The van der Waals surface area contributed by atoms with Crippen LogP contribution >= 0.6 is 0 Å². The zero-order valence-corrected chi connectivity index (χ0v) is 12.8. The number of amides is 1. The van der Waals surface area contributed by atoms with Gasteiger partial charge in [-0.05, 0) is 24.6 Å². The topological polar surface area (TPSA) is 104 Å². The van der Waals surface area contributed by atoms with Crippen molar-refractivity contribution in [3.8, 4) is 11.6 Å². The quantitative estimate of drug-likeness (QED) is 0.671. The van der Waals surface area contributed by atoms with Gasteiger partial charge in [0, 0.05) is 23.9 Å². The van der Waals surface area contributed by atoms with Crippen molar-refractivity contribution >= 4 is 17.3 Å². The van der Waals surface area contributed by atoms with Crippen LogP contribution in [0.3, 0.4) is 0 Å². The summed E-state index contributed by atoms with van der Waals surface area (Å²) < 4.78 is 10.3. The van der Waals surface area contributed by atoms with Gasteiger partial charge in [0.2, 0.25) is 5.75 Å². The SMILES string of the molecule is COc1ncc(C)c(NC(=O)c2ccc([N+](=O)[O-])cc2)c1OC. The number of ether oxygens (including phenoxy) is 2. The van der Waals surface area contributed by atoms with Gasteiger partial charge in [0.15, 0.2) is 0 Å². The summed E-state index contributed by atoms with van der Waals surface area (Å²) in [5, 5.41) is 13.4. The number of carbonyl (C=O) groups excluding carboxylic acids is 1. The van der Waals surface area contributed by atoms with Gasteiger partial charge in [0.25, 0.3) is 17.5 Å². The number of nitro benzene ring substituents is 1. The Labute approximate surface area is 132 Å². The molecule has 1 heterocycles. The average Bonchev–Trinajstić information content (AvgIpc) is 2.56. The molecule has 2 aromatic rings. The van der Waals surface area contributed by atoms with E-state index >= 15 is 0 Å². The third kappa shape index (κ3) is 3.37. The van der Waals surface area contributed by atoms with Crippen molar-refractivity contribution in [2.45, 2.75) is 6.92 Å². The lowest BCUT2D eigenvalue weighted by Crippen LogP contribution is -2.14. The fourth-order valence-corrected chi connectivity index (χ4v) is 1.97. The fraction of sp³-hybridized carbons (Fsp3) is 0.200. The molecule has 0 aliphatic rings. The number of carbonyl (C=O) groups is 1. The molecule has 0 fully saturated rings. The van der Waals surface area contributed by atoms with Gasteiger partial charge in [-0.15, -0.1) is 0 Å². The molecule has 8 heteroatoms. The molecule has 1 aromatic carbocycles. The number of methoxy groups -OCH3 is 2. The molecule has 1 N–H and O–H groups in total. The molecule has 23 heavy (non-hydrogen) atoms. The van der Waals surface area contributed by atoms with Gasteiger partial charge in [-0.25, -0.2) is 4.98 Å². The van der Waals surface area contributed by atoms with Gasteiger partial charge >= 0.3 is 0 Å². The summed E-state index contributed by atoms with van der Waals surface area (Å²) in [5.74, 6) is 0.134. The number of aromatic nitrogens is 1. The van der Waals surface area contributed by atoms with Crippen molar-refractivity contribution in [3.63, 3.8) is 0 Å².